The van der Waals surface area contributed by atoms with Gasteiger partial charge in [-0.2, -0.15) is 0 Å². The van der Waals surface area contributed by atoms with Crippen LogP contribution in [-0.2, 0) is 13.3 Å². The largest absolute Gasteiger partial charge is 0.484 e. The van der Waals surface area contributed by atoms with Gasteiger partial charge in [0.25, 0.3) is 0 Å². The minimum atomic E-state index is -1.73. The number of hydrogen-bond donors (Lipinski definition) is 1. The van der Waals surface area contributed by atoms with E-state index in [0.29, 0.717) is 19.8 Å². The molecule has 0 radical (unpaired) electrons. The van der Waals surface area contributed by atoms with E-state index in [0.717, 1.165) is 6.04 Å². The van der Waals surface area contributed by atoms with Crippen LogP contribution in [-0.4, -0.2) is 41.9 Å². The van der Waals surface area contributed by atoms with E-state index in [-0.39, 0.29) is 0 Å². The van der Waals surface area contributed by atoms with Gasteiger partial charge in [-0.3, -0.25) is 0 Å². The molecular formula is C10H25NO3Si. The van der Waals surface area contributed by atoms with Gasteiger partial charge in [-0.1, -0.05) is 0 Å². The Morgan fingerprint density at radius 3 is 1.53 bits per heavy atom. The molecule has 4 nitrogen and oxygen atoms in total. The lowest BCUT2D eigenvalue weighted by Gasteiger charge is -2.22. The van der Waals surface area contributed by atoms with E-state index in [2.05, 4.69) is 12.2 Å². The summed E-state index contributed by atoms with van der Waals surface area (Å²) >= 11 is 0. The monoisotopic (exact) mass is 235 g/mol. The second kappa shape index (κ2) is 10.6. The first-order valence-electron chi connectivity index (χ1n) is 5.82. The summed E-state index contributed by atoms with van der Waals surface area (Å²) in [4.78, 5) is 0. The Labute approximate surface area is 95.3 Å². The normalized spacial score (nSPS) is 19.4. The maximum absolute atomic E-state index is 5.22. The highest BCUT2D eigenvalue weighted by Crippen LogP contribution is 1.96. The molecule has 1 unspecified atom stereocenters. The van der Waals surface area contributed by atoms with Gasteiger partial charge in [0, 0.05) is 25.9 Å². The van der Waals surface area contributed by atoms with Crippen LogP contribution >= 0.6 is 0 Å². The lowest BCUT2D eigenvalue weighted by Crippen LogP contribution is -2.39. The predicted octanol–water partition coefficient (Wildman–Crippen LogP) is 1.18. The van der Waals surface area contributed by atoms with Crippen molar-refractivity contribution in [3.05, 3.63) is 0 Å². The molecule has 1 aliphatic rings. The van der Waals surface area contributed by atoms with Gasteiger partial charge in [0.05, 0.1) is 0 Å². The van der Waals surface area contributed by atoms with Crippen molar-refractivity contribution in [2.75, 3.05) is 26.4 Å². The zero-order valence-corrected chi connectivity index (χ0v) is 11.6. The van der Waals surface area contributed by atoms with Crippen molar-refractivity contribution in [3.63, 3.8) is 0 Å². The van der Waals surface area contributed by atoms with Gasteiger partial charge in [0.15, 0.2) is 0 Å². The summed E-state index contributed by atoms with van der Waals surface area (Å²) in [7, 11) is -1.73. The second-order valence-electron chi connectivity index (χ2n) is 3.30. The summed E-state index contributed by atoms with van der Waals surface area (Å²) in [5, 5.41) is 3.21. The molecule has 5 heteroatoms. The maximum Gasteiger partial charge on any atom is 0.484 e. The zero-order valence-electron chi connectivity index (χ0n) is 10.4. The second-order valence-corrected chi connectivity index (χ2v) is 4.88. The van der Waals surface area contributed by atoms with E-state index < -0.39 is 9.53 Å². The summed E-state index contributed by atoms with van der Waals surface area (Å²) in [6.45, 7) is 11.3. The molecule has 1 atom stereocenters. The van der Waals surface area contributed by atoms with Crippen molar-refractivity contribution in [2.45, 2.75) is 40.2 Å². The Morgan fingerprint density at radius 2 is 1.40 bits per heavy atom. The molecule has 15 heavy (non-hydrogen) atoms. The molecule has 92 valence electrons. The third-order valence-electron chi connectivity index (χ3n) is 1.98. The Balaban J connectivity index is 0.000000322. The molecule has 1 N–H and O–H groups in total. The molecule has 1 aliphatic heterocycles. The van der Waals surface area contributed by atoms with Crippen molar-refractivity contribution in [1.29, 1.82) is 0 Å². The quantitative estimate of drug-likeness (QED) is 0.702. The average molecular weight is 235 g/mol. The standard InChI is InChI=1S/C6H16O3Si.C4H9N/c1-4-7-10(8-5-2)9-6-3;1-4-2-3-5-4/h10H,4-6H2,1-3H3;4-5H,2-3H2,1H3. The highest BCUT2D eigenvalue weighted by atomic mass is 28.3. The highest BCUT2D eigenvalue weighted by Gasteiger charge is 2.11. The van der Waals surface area contributed by atoms with E-state index in [1.165, 1.54) is 13.0 Å². The van der Waals surface area contributed by atoms with Crippen LogP contribution in [0.25, 0.3) is 0 Å². The van der Waals surface area contributed by atoms with E-state index in [9.17, 15) is 0 Å². The van der Waals surface area contributed by atoms with Gasteiger partial charge < -0.3 is 18.6 Å². The van der Waals surface area contributed by atoms with Crippen LogP contribution in [0.15, 0.2) is 0 Å². The molecular weight excluding hydrogens is 210 g/mol. The molecule has 1 heterocycles. The molecule has 1 fully saturated rings. The van der Waals surface area contributed by atoms with Crippen molar-refractivity contribution in [2.24, 2.45) is 0 Å². The maximum atomic E-state index is 5.22. The van der Waals surface area contributed by atoms with Crippen molar-refractivity contribution >= 4 is 9.53 Å². The van der Waals surface area contributed by atoms with Crippen molar-refractivity contribution in [1.82, 2.24) is 5.32 Å². The van der Waals surface area contributed by atoms with Gasteiger partial charge >= 0.3 is 9.53 Å². The highest BCUT2D eigenvalue weighted by molar-refractivity contribution is 6.36. The minimum Gasteiger partial charge on any atom is -0.376 e. The Bertz CT molecular complexity index is 120. The molecule has 0 aromatic carbocycles. The molecule has 0 aromatic rings. The zero-order chi connectivity index (χ0) is 11.5. The van der Waals surface area contributed by atoms with Gasteiger partial charge in [0.2, 0.25) is 0 Å². The van der Waals surface area contributed by atoms with Crippen molar-refractivity contribution in [3.8, 4) is 0 Å². The van der Waals surface area contributed by atoms with Crippen LogP contribution in [0, 0.1) is 0 Å². The summed E-state index contributed by atoms with van der Waals surface area (Å²) < 4.78 is 15.7. The van der Waals surface area contributed by atoms with E-state index in [1.807, 2.05) is 20.8 Å². The Kier molecular flexibility index (Phi) is 10.6. The molecule has 0 saturated carbocycles. The Hall–Kier alpha value is 0.0569. The average Bonchev–Trinajstić information content (AvgIpc) is 2.17. The van der Waals surface area contributed by atoms with Crippen molar-refractivity contribution < 1.29 is 13.3 Å². The van der Waals surface area contributed by atoms with Crippen LogP contribution < -0.4 is 5.32 Å². The molecule has 0 spiro atoms. The van der Waals surface area contributed by atoms with Gasteiger partial charge in [0.1, 0.15) is 0 Å². The Morgan fingerprint density at radius 1 is 1.07 bits per heavy atom. The topological polar surface area (TPSA) is 39.7 Å². The molecule has 0 aromatic heterocycles. The summed E-state index contributed by atoms with van der Waals surface area (Å²) in [6.07, 6.45) is 1.38. The smallest absolute Gasteiger partial charge is 0.376 e. The fourth-order valence-corrected chi connectivity index (χ4v) is 2.09. The SMILES string of the molecule is CC1CCN1.CCO[SiH](OCC)OCC. The van der Waals surface area contributed by atoms with Crippen LogP contribution in [0.3, 0.4) is 0 Å². The molecule has 0 bridgehead atoms. The van der Waals surface area contributed by atoms with E-state index in [1.54, 1.807) is 0 Å². The van der Waals surface area contributed by atoms with Crippen LogP contribution in [0.1, 0.15) is 34.1 Å². The number of hydrogen-bond acceptors (Lipinski definition) is 4. The molecule has 1 saturated heterocycles. The van der Waals surface area contributed by atoms with Gasteiger partial charge in [-0.05, 0) is 40.7 Å². The third-order valence-corrected chi connectivity index (χ3v) is 3.79. The predicted molar refractivity (Wildman–Crippen MR) is 64.1 cm³/mol. The fraction of sp³-hybridized carbons (Fsp3) is 1.00. The van der Waals surface area contributed by atoms with Gasteiger partial charge in [-0.25, -0.2) is 0 Å². The first-order valence-corrected chi connectivity index (χ1v) is 7.24. The molecule has 0 aliphatic carbocycles. The summed E-state index contributed by atoms with van der Waals surface area (Å²) in [5.74, 6) is 0. The minimum absolute atomic E-state index is 0.677. The number of rotatable bonds is 6. The summed E-state index contributed by atoms with van der Waals surface area (Å²) in [5.41, 5.74) is 0. The molecule has 1 rings (SSSR count). The summed E-state index contributed by atoms with van der Waals surface area (Å²) in [6, 6.07) is 0.815. The van der Waals surface area contributed by atoms with Crippen LogP contribution in [0.4, 0.5) is 0 Å². The lowest BCUT2D eigenvalue weighted by molar-refractivity contribution is 0.107. The third kappa shape index (κ3) is 9.01. The van der Waals surface area contributed by atoms with E-state index >= 15 is 0 Å². The van der Waals surface area contributed by atoms with Crippen LogP contribution in [0.2, 0.25) is 0 Å². The van der Waals surface area contributed by atoms with E-state index in [4.69, 9.17) is 13.3 Å². The van der Waals surface area contributed by atoms with Crippen LogP contribution in [0.5, 0.6) is 0 Å². The van der Waals surface area contributed by atoms with Gasteiger partial charge in [-0.15, -0.1) is 0 Å². The fourth-order valence-electron chi connectivity index (χ4n) is 0.986. The lowest BCUT2D eigenvalue weighted by atomic mass is 10.1. The first-order chi connectivity index (χ1) is 7.24. The molecule has 0 amide bonds. The first kappa shape index (κ1) is 15.1. The number of nitrogens with one attached hydrogen (secondary N) is 1.